The first-order valence-electron chi connectivity index (χ1n) is 7.36. The number of carbonyl (C=O) groups is 1. The summed E-state index contributed by atoms with van der Waals surface area (Å²) in [7, 11) is 0. The summed E-state index contributed by atoms with van der Waals surface area (Å²) in [5.74, 6) is -0.0939. The number of benzene rings is 1. The molecular formula is C17H19NO4. The molecule has 0 spiro atoms. The molecule has 0 unspecified atom stereocenters. The second-order valence-corrected chi connectivity index (χ2v) is 5.50. The Morgan fingerprint density at radius 1 is 1.27 bits per heavy atom. The van der Waals surface area contributed by atoms with E-state index in [2.05, 4.69) is 4.90 Å². The van der Waals surface area contributed by atoms with E-state index in [-0.39, 0.29) is 0 Å². The second kappa shape index (κ2) is 6.34. The van der Waals surface area contributed by atoms with E-state index in [0.29, 0.717) is 5.56 Å². The van der Waals surface area contributed by atoms with Gasteiger partial charge in [0.15, 0.2) is 0 Å². The first kappa shape index (κ1) is 14.8. The van der Waals surface area contributed by atoms with Gasteiger partial charge in [0, 0.05) is 30.8 Å². The molecule has 1 aliphatic heterocycles. The van der Waals surface area contributed by atoms with Gasteiger partial charge >= 0.3 is 5.97 Å². The van der Waals surface area contributed by atoms with Crippen molar-refractivity contribution in [3.63, 3.8) is 0 Å². The molecule has 0 bridgehead atoms. The summed E-state index contributed by atoms with van der Waals surface area (Å²) in [5, 5.41) is 9.06. The molecule has 1 aromatic carbocycles. The van der Waals surface area contributed by atoms with Crippen LogP contribution in [0, 0.1) is 6.92 Å². The fourth-order valence-corrected chi connectivity index (χ4v) is 2.75. The first-order valence-corrected chi connectivity index (χ1v) is 7.36. The summed E-state index contributed by atoms with van der Waals surface area (Å²) >= 11 is 0. The van der Waals surface area contributed by atoms with Crippen LogP contribution in [0.15, 0.2) is 34.9 Å². The van der Waals surface area contributed by atoms with E-state index in [0.717, 1.165) is 55.3 Å². The van der Waals surface area contributed by atoms with E-state index < -0.39 is 5.97 Å². The maximum atomic E-state index is 11.0. The van der Waals surface area contributed by atoms with Gasteiger partial charge in [0.1, 0.15) is 5.76 Å². The molecule has 3 rings (SSSR count). The van der Waals surface area contributed by atoms with Gasteiger partial charge in [-0.3, -0.25) is 4.90 Å². The zero-order valence-corrected chi connectivity index (χ0v) is 12.5. The number of hydrogen-bond acceptors (Lipinski definition) is 4. The number of carboxylic acid groups (broad SMARTS) is 1. The molecule has 2 aromatic rings. The van der Waals surface area contributed by atoms with Crippen molar-refractivity contribution in [1.29, 1.82) is 0 Å². The smallest absolute Gasteiger partial charge is 0.335 e. The Labute approximate surface area is 129 Å². The number of aromatic carboxylic acids is 1. The van der Waals surface area contributed by atoms with Crippen molar-refractivity contribution in [1.82, 2.24) is 4.90 Å². The van der Waals surface area contributed by atoms with E-state index in [1.165, 1.54) is 0 Å². The molecule has 0 aliphatic carbocycles. The summed E-state index contributed by atoms with van der Waals surface area (Å²) in [6.07, 6.45) is 1.69. The van der Waals surface area contributed by atoms with Crippen LogP contribution < -0.4 is 0 Å². The van der Waals surface area contributed by atoms with Gasteiger partial charge in [-0.1, -0.05) is 6.07 Å². The Morgan fingerprint density at radius 2 is 2.05 bits per heavy atom. The van der Waals surface area contributed by atoms with Crippen LogP contribution >= 0.6 is 0 Å². The lowest BCUT2D eigenvalue weighted by molar-refractivity contribution is 0.0342. The molecule has 1 aliphatic rings. The highest BCUT2D eigenvalue weighted by Gasteiger charge is 2.17. The zero-order chi connectivity index (χ0) is 15.5. The number of furan rings is 1. The molecule has 0 radical (unpaired) electrons. The van der Waals surface area contributed by atoms with Gasteiger partial charge in [0.05, 0.1) is 25.0 Å². The number of hydrogen-bond donors (Lipinski definition) is 1. The van der Waals surface area contributed by atoms with Gasteiger partial charge in [-0.15, -0.1) is 0 Å². The molecule has 0 saturated carbocycles. The molecular weight excluding hydrogens is 282 g/mol. The van der Waals surface area contributed by atoms with Crippen LogP contribution in [0.2, 0.25) is 0 Å². The van der Waals surface area contributed by atoms with Crippen LogP contribution in [0.4, 0.5) is 0 Å². The van der Waals surface area contributed by atoms with Crippen molar-refractivity contribution in [2.45, 2.75) is 13.5 Å². The number of nitrogens with zero attached hydrogens (tertiary/aromatic N) is 1. The van der Waals surface area contributed by atoms with Crippen molar-refractivity contribution < 1.29 is 19.1 Å². The molecule has 116 valence electrons. The molecule has 1 aromatic heterocycles. The Balaban J connectivity index is 1.86. The van der Waals surface area contributed by atoms with Gasteiger partial charge in [0.25, 0.3) is 0 Å². The molecule has 1 saturated heterocycles. The standard InChI is InChI=1S/C17H19NO4/c1-12-10-13(17(19)20)2-3-15(12)16-14(4-7-22-16)11-18-5-8-21-9-6-18/h2-4,7,10H,5-6,8-9,11H2,1H3,(H,19,20). The molecule has 0 atom stereocenters. The number of aryl methyl sites for hydroxylation is 1. The van der Waals surface area contributed by atoms with Crippen LogP contribution in [0.1, 0.15) is 21.5 Å². The van der Waals surface area contributed by atoms with Crippen molar-refractivity contribution >= 4 is 5.97 Å². The third kappa shape index (κ3) is 3.05. The van der Waals surface area contributed by atoms with Gasteiger partial charge in [-0.25, -0.2) is 4.79 Å². The maximum Gasteiger partial charge on any atom is 0.335 e. The number of carboxylic acids is 1. The Bertz CT molecular complexity index is 671. The van der Waals surface area contributed by atoms with E-state index in [1.807, 2.05) is 19.1 Å². The Kier molecular flexibility index (Phi) is 4.27. The first-order chi connectivity index (χ1) is 10.6. The summed E-state index contributed by atoms with van der Waals surface area (Å²) in [5.41, 5.74) is 3.26. The minimum atomic E-state index is -0.914. The molecule has 2 heterocycles. The fraction of sp³-hybridized carbons (Fsp3) is 0.353. The highest BCUT2D eigenvalue weighted by atomic mass is 16.5. The van der Waals surface area contributed by atoms with E-state index >= 15 is 0 Å². The van der Waals surface area contributed by atoms with Crippen LogP contribution in [-0.4, -0.2) is 42.3 Å². The molecule has 5 nitrogen and oxygen atoms in total. The summed E-state index contributed by atoms with van der Waals surface area (Å²) in [6.45, 7) is 6.08. The fourth-order valence-electron chi connectivity index (χ4n) is 2.75. The minimum absolute atomic E-state index is 0.294. The van der Waals surface area contributed by atoms with Gasteiger partial charge < -0.3 is 14.3 Å². The average molecular weight is 301 g/mol. The normalized spacial score (nSPS) is 15.9. The van der Waals surface area contributed by atoms with Crippen molar-refractivity contribution in [2.24, 2.45) is 0 Å². The highest BCUT2D eigenvalue weighted by molar-refractivity contribution is 5.88. The van der Waals surface area contributed by atoms with Crippen molar-refractivity contribution in [3.8, 4) is 11.3 Å². The van der Waals surface area contributed by atoms with E-state index in [1.54, 1.807) is 18.4 Å². The number of ether oxygens (including phenoxy) is 1. The molecule has 1 N–H and O–H groups in total. The van der Waals surface area contributed by atoms with Crippen LogP contribution in [0.5, 0.6) is 0 Å². The predicted molar refractivity (Wildman–Crippen MR) is 81.9 cm³/mol. The third-order valence-corrected chi connectivity index (χ3v) is 3.96. The third-order valence-electron chi connectivity index (χ3n) is 3.96. The van der Waals surface area contributed by atoms with Crippen molar-refractivity contribution in [2.75, 3.05) is 26.3 Å². The van der Waals surface area contributed by atoms with Gasteiger partial charge in [-0.2, -0.15) is 0 Å². The van der Waals surface area contributed by atoms with Crippen LogP contribution in [0.25, 0.3) is 11.3 Å². The summed E-state index contributed by atoms with van der Waals surface area (Å²) in [4.78, 5) is 13.4. The SMILES string of the molecule is Cc1cc(C(=O)O)ccc1-c1occc1CN1CCOCC1. The van der Waals surface area contributed by atoms with Gasteiger partial charge in [-0.05, 0) is 30.7 Å². The summed E-state index contributed by atoms with van der Waals surface area (Å²) in [6, 6.07) is 7.10. The van der Waals surface area contributed by atoms with Crippen LogP contribution in [-0.2, 0) is 11.3 Å². The average Bonchev–Trinajstić information content (AvgIpc) is 2.96. The van der Waals surface area contributed by atoms with Crippen molar-refractivity contribution in [3.05, 3.63) is 47.2 Å². The molecule has 5 heteroatoms. The quantitative estimate of drug-likeness (QED) is 0.941. The van der Waals surface area contributed by atoms with Crippen LogP contribution in [0.3, 0.4) is 0 Å². The molecule has 0 amide bonds. The zero-order valence-electron chi connectivity index (χ0n) is 12.5. The summed E-state index contributed by atoms with van der Waals surface area (Å²) < 4.78 is 11.0. The lowest BCUT2D eigenvalue weighted by Gasteiger charge is -2.26. The monoisotopic (exact) mass is 301 g/mol. The second-order valence-electron chi connectivity index (χ2n) is 5.50. The predicted octanol–water partition coefficient (Wildman–Crippen LogP) is 2.79. The lowest BCUT2D eigenvalue weighted by Crippen LogP contribution is -2.35. The topological polar surface area (TPSA) is 62.9 Å². The lowest BCUT2D eigenvalue weighted by atomic mass is 10.0. The Morgan fingerprint density at radius 3 is 2.73 bits per heavy atom. The largest absolute Gasteiger partial charge is 0.478 e. The Hall–Kier alpha value is -2.11. The molecule has 1 fully saturated rings. The van der Waals surface area contributed by atoms with E-state index in [9.17, 15) is 4.79 Å². The van der Waals surface area contributed by atoms with Gasteiger partial charge in [0.2, 0.25) is 0 Å². The molecule has 22 heavy (non-hydrogen) atoms. The minimum Gasteiger partial charge on any atom is -0.478 e. The number of morpholine rings is 1. The maximum absolute atomic E-state index is 11.0. The highest BCUT2D eigenvalue weighted by Crippen LogP contribution is 2.29. The number of rotatable bonds is 4. The van der Waals surface area contributed by atoms with E-state index in [4.69, 9.17) is 14.3 Å².